The van der Waals surface area contributed by atoms with Crippen molar-refractivity contribution in [2.75, 3.05) is 31.1 Å². The van der Waals surface area contributed by atoms with Gasteiger partial charge in [-0.1, -0.05) is 0 Å². The van der Waals surface area contributed by atoms with Crippen LogP contribution in [0.1, 0.15) is 21.5 Å². The van der Waals surface area contributed by atoms with Crippen molar-refractivity contribution >= 4 is 60.6 Å². The van der Waals surface area contributed by atoms with Crippen LogP contribution in [-0.2, 0) is 10.7 Å². The Morgan fingerprint density at radius 2 is 1.84 bits per heavy atom. The molecule has 0 aliphatic rings. The maximum absolute atomic E-state index is 15.1. The maximum atomic E-state index is 15.1. The maximum Gasteiger partial charge on any atom is 0.250 e. The van der Waals surface area contributed by atoms with Gasteiger partial charge < -0.3 is 11.1 Å². The van der Waals surface area contributed by atoms with Gasteiger partial charge in [-0.3, -0.25) is 4.79 Å². The Balaban J connectivity index is 0.00000481. The van der Waals surface area contributed by atoms with Gasteiger partial charge in [0.05, 0.1) is 16.9 Å². The van der Waals surface area contributed by atoms with Gasteiger partial charge in [-0.05, 0) is 54.8 Å². The van der Waals surface area contributed by atoms with E-state index in [0.717, 1.165) is 18.3 Å². The molecule has 2 aromatic carbocycles. The van der Waals surface area contributed by atoms with Gasteiger partial charge >= 0.3 is 0 Å². The van der Waals surface area contributed by atoms with Gasteiger partial charge in [0.15, 0.2) is 23.3 Å². The molecule has 1 amide bonds. The van der Waals surface area contributed by atoms with Gasteiger partial charge in [0.1, 0.15) is 18.0 Å². The van der Waals surface area contributed by atoms with Gasteiger partial charge in [-0.15, -0.1) is 11.8 Å². The summed E-state index contributed by atoms with van der Waals surface area (Å²) in [5.74, 6) is -5.79. The van der Waals surface area contributed by atoms with Crippen LogP contribution in [0.2, 0.25) is 0 Å². The second kappa shape index (κ2) is 13.7. The monoisotopic (exact) mass is 576 g/mol. The fraction of sp³-hybridized carbons (Fsp3) is 0.182. The van der Waals surface area contributed by atoms with E-state index in [1.54, 1.807) is 26.4 Å². The summed E-state index contributed by atoms with van der Waals surface area (Å²) in [7, 11) is 3.29. The highest BCUT2D eigenvalue weighted by molar-refractivity contribution is 7.98. The predicted octanol–water partition coefficient (Wildman–Crippen LogP) is 4.88. The fourth-order valence-corrected chi connectivity index (χ4v) is 3.76. The van der Waals surface area contributed by atoms with Crippen molar-refractivity contribution in [1.29, 1.82) is 0 Å². The number of nitrogens with two attached hydrogens (primary N) is 1. The molecule has 0 atom stereocenters. The third kappa shape index (κ3) is 7.43. The van der Waals surface area contributed by atoms with Crippen molar-refractivity contribution in [3.8, 4) is 0 Å². The number of halogens is 4. The molecule has 0 unspecified atom stereocenters. The van der Waals surface area contributed by atoms with Crippen LogP contribution in [-0.4, -0.2) is 35.7 Å². The second-order valence-corrected chi connectivity index (χ2v) is 8.95. The highest BCUT2D eigenvalue weighted by Gasteiger charge is 2.23. The number of carbonyl (C=O) groups is 1. The fourth-order valence-electron chi connectivity index (χ4n) is 3.03. The number of hydrogen-bond acceptors (Lipinski definition) is 9. The Morgan fingerprint density at radius 3 is 2.46 bits per heavy atom. The lowest BCUT2D eigenvalue weighted by molar-refractivity contribution is 0.100. The van der Waals surface area contributed by atoms with E-state index in [9.17, 15) is 13.6 Å². The molecule has 3 aromatic rings. The quantitative estimate of drug-likeness (QED) is 0.0836. The number of pyridine rings is 1. The van der Waals surface area contributed by atoms with E-state index < -0.39 is 46.8 Å². The van der Waals surface area contributed by atoms with Gasteiger partial charge in [0.2, 0.25) is 0 Å². The molecule has 37 heavy (non-hydrogen) atoms. The standard InChI is InChI=1S/C22H22F4N6O2S2.H2S/c1-28-32(2)36-34-31-22-18(25)11(6-7-29-22)8-12-9-14(21(27)33)20(19(26)17(12)24)30-16-5-4-13(35-3)10-15(16)23;/h4-7,9-10,28,30H,8H2,1-3H3,(H2,27,33)(H,29,31);1H2. The van der Waals surface area contributed by atoms with Crippen molar-refractivity contribution in [1.82, 2.24) is 14.8 Å². The minimum atomic E-state index is -1.46. The molecule has 0 aliphatic heterocycles. The summed E-state index contributed by atoms with van der Waals surface area (Å²) in [4.78, 5) is 16.5. The van der Waals surface area contributed by atoms with Gasteiger partial charge in [-0.2, -0.15) is 22.2 Å². The van der Waals surface area contributed by atoms with E-state index in [1.807, 2.05) is 0 Å². The van der Waals surface area contributed by atoms with Crippen molar-refractivity contribution < 1.29 is 26.6 Å². The molecule has 200 valence electrons. The van der Waals surface area contributed by atoms with Crippen molar-refractivity contribution in [3.05, 3.63) is 76.5 Å². The summed E-state index contributed by atoms with van der Waals surface area (Å²) in [6.07, 6.45) is 2.56. The summed E-state index contributed by atoms with van der Waals surface area (Å²) in [6.45, 7) is 0. The topological polar surface area (TPSA) is 105 Å². The van der Waals surface area contributed by atoms with E-state index in [-0.39, 0.29) is 36.1 Å². The van der Waals surface area contributed by atoms with Crippen LogP contribution in [0.15, 0.2) is 41.4 Å². The highest BCUT2D eigenvalue weighted by Crippen LogP contribution is 2.32. The molecule has 15 heteroatoms. The molecule has 3 rings (SSSR count). The third-order valence-corrected chi connectivity index (χ3v) is 6.23. The number of nitrogens with one attached hydrogen (secondary N) is 3. The molecule has 0 aliphatic carbocycles. The smallest absolute Gasteiger partial charge is 0.250 e. The molecular weight excluding hydrogens is 552 g/mol. The van der Waals surface area contributed by atoms with E-state index in [4.69, 9.17) is 10.0 Å². The number of aromatic nitrogens is 1. The number of benzene rings is 2. The summed E-state index contributed by atoms with van der Waals surface area (Å²) in [5, 5.41) is 2.41. The largest absolute Gasteiger partial charge is 0.366 e. The van der Waals surface area contributed by atoms with E-state index >= 15 is 8.78 Å². The summed E-state index contributed by atoms with van der Waals surface area (Å²) >= 11 is 2.11. The van der Waals surface area contributed by atoms with Crippen LogP contribution < -0.4 is 22.0 Å². The third-order valence-electron chi connectivity index (χ3n) is 4.94. The molecule has 0 bridgehead atoms. The lowest BCUT2D eigenvalue weighted by atomic mass is 10.00. The van der Waals surface area contributed by atoms with Crippen LogP contribution in [0, 0.1) is 23.3 Å². The molecule has 5 N–H and O–H groups in total. The molecule has 0 saturated carbocycles. The van der Waals surface area contributed by atoms with Crippen molar-refractivity contribution in [2.45, 2.75) is 11.3 Å². The SMILES string of the molecule is CNN(C)SONc1nccc(Cc2cc(C(N)=O)c(Nc3ccc(SC)cc3F)c(F)c2F)c1F.S. The van der Waals surface area contributed by atoms with Crippen molar-refractivity contribution in [3.63, 3.8) is 0 Å². The average Bonchev–Trinajstić information content (AvgIpc) is 2.86. The lowest BCUT2D eigenvalue weighted by Crippen LogP contribution is -2.24. The average molecular weight is 577 g/mol. The number of thioether (sulfide) groups is 1. The van der Waals surface area contributed by atoms with Gasteiger partial charge in [0.25, 0.3) is 5.91 Å². The van der Waals surface area contributed by atoms with Crippen LogP contribution in [0.3, 0.4) is 0 Å². The Morgan fingerprint density at radius 1 is 1.11 bits per heavy atom. The Hall–Kier alpha value is -2.69. The van der Waals surface area contributed by atoms with Gasteiger partial charge in [0, 0.05) is 24.6 Å². The molecule has 1 heterocycles. The van der Waals surface area contributed by atoms with E-state index in [2.05, 4.69) is 21.2 Å². The number of carbonyl (C=O) groups excluding carboxylic acids is 1. The number of nitrogens with zero attached hydrogens (tertiary/aromatic N) is 2. The normalized spacial score (nSPS) is 10.8. The molecule has 0 spiro atoms. The first-order valence-corrected chi connectivity index (χ1v) is 12.1. The number of hydrazine groups is 1. The first kappa shape index (κ1) is 30.5. The number of hydrogen-bond donors (Lipinski definition) is 4. The number of amides is 1. The zero-order valence-electron chi connectivity index (χ0n) is 19.8. The minimum Gasteiger partial charge on any atom is -0.366 e. The molecule has 0 radical (unpaired) electrons. The Labute approximate surface area is 226 Å². The summed E-state index contributed by atoms with van der Waals surface area (Å²) < 4.78 is 65.9. The van der Waals surface area contributed by atoms with E-state index in [1.165, 1.54) is 40.6 Å². The summed E-state index contributed by atoms with van der Waals surface area (Å²) in [6, 6.07) is 6.37. The minimum absolute atomic E-state index is 0. The predicted molar refractivity (Wildman–Crippen MR) is 143 cm³/mol. The Kier molecular flexibility index (Phi) is 11.3. The first-order chi connectivity index (χ1) is 17.2. The van der Waals surface area contributed by atoms with Gasteiger partial charge in [-0.25, -0.2) is 33.5 Å². The summed E-state index contributed by atoms with van der Waals surface area (Å²) in [5.41, 5.74) is 8.80. The van der Waals surface area contributed by atoms with E-state index in [0.29, 0.717) is 4.90 Å². The van der Waals surface area contributed by atoms with Crippen LogP contribution in [0.5, 0.6) is 0 Å². The molecule has 8 nitrogen and oxygen atoms in total. The molecule has 0 fully saturated rings. The Bertz CT molecular complexity index is 1270. The zero-order chi connectivity index (χ0) is 26.4. The lowest BCUT2D eigenvalue weighted by Gasteiger charge is -2.16. The zero-order valence-corrected chi connectivity index (χ0v) is 22.4. The van der Waals surface area contributed by atoms with Crippen LogP contribution in [0.4, 0.5) is 34.8 Å². The molecule has 0 saturated heterocycles. The van der Waals surface area contributed by atoms with Crippen LogP contribution in [0.25, 0.3) is 0 Å². The van der Waals surface area contributed by atoms with Crippen LogP contribution >= 0.6 is 37.5 Å². The number of primary amides is 1. The molecular formula is C22H24F4N6O2S3. The number of rotatable bonds is 11. The first-order valence-electron chi connectivity index (χ1n) is 10.2. The van der Waals surface area contributed by atoms with Crippen molar-refractivity contribution in [2.24, 2.45) is 5.73 Å². The highest BCUT2D eigenvalue weighted by atomic mass is 32.2. The number of anilines is 3. The second-order valence-electron chi connectivity index (χ2n) is 7.21. The molecule has 1 aromatic heterocycles.